The van der Waals surface area contributed by atoms with E-state index in [1.165, 1.54) is 24.3 Å². The number of carbonyl (C=O) groups excluding carboxylic acids is 1. The predicted octanol–water partition coefficient (Wildman–Crippen LogP) is 2.91. The van der Waals surface area contributed by atoms with E-state index in [2.05, 4.69) is 15.1 Å². The number of hydrogen-bond acceptors (Lipinski definition) is 3. The highest BCUT2D eigenvalue weighted by molar-refractivity contribution is 5.94. The van der Waals surface area contributed by atoms with E-state index in [4.69, 9.17) is 0 Å². The zero-order chi connectivity index (χ0) is 18.4. The van der Waals surface area contributed by atoms with Crippen molar-refractivity contribution in [2.24, 2.45) is 0 Å². The van der Waals surface area contributed by atoms with Gasteiger partial charge < -0.3 is 10.2 Å². The minimum absolute atomic E-state index is 0.180. The van der Waals surface area contributed by atoms with Gasteiger partial charge in [-0.2, -0.15) is 0 Å². The molecule has 1 fully saturated rings. The first-order valence-corrected chi connectivity index (χ1v) is 8.89. The second-order valence-corrected chi connectivity index (χ2v) is 6.40. The Balaban J connectivity index is 1.37. The normalized spacial score (nSPS) is 15.1. The van der Waals surface area contributed by atoms with Gasteiger partial charge in [0.1, 0.15) is 11.6 Å². The van der Waals surface area contributed by atoms with Crippen LogP contribution in [-0.2, 0) is 0 Å². The molecular formula is C20H23F2N3O. The number of piperazine rings is 1. The lowest BCUT2D eigenvalue weighted by Crippen LogP contribution is -2.47. The Morgan fingerprint density at radius 3 is 2.50 bits per heavy atom. The van der Waals surface area contributed by atoms with Crippen LogP contribution in [0, 0.1) is 11.6 Å². The minimum Gasteiger partial charge on any atom is -0.367 e. The molecule has 0 aliphatic carbocycles. The van der Waals surface area contributed by atoms with E-state index < -0.39 is 5.82 Å². The molecule has 1 N–H and O–H groups in total. The third kappa shape index (κ3) is 4.79. The third-order valence-corrected chi connectivity index (χ3v) is 4.59. The quantitative estimate of drug-likeness (QED) is 0.806. The number of amides is 1. The Bertz CT molecular complexity index is 745. The molecular weight excluding hydrogens is 336 g/mol. The van der Waals surface area contributed by atoms with Gasteiger partial charge in [-0.25, -0.2) is 8.78 Å². The van der Waals surface area contributed by atoms with Crippen LogP contribution in [0.1, 0.15) is 16.8 Å². The maximum atomic E-state index is 13.8. The predicted molar refractivity (Wildman–Crippen MR) is 98.4 cm³/mol. The van der Waals surface area contributed by atoms with Crippen molar-refractivity contribution in [3.8, 4) is 0 Å². The zero-order valence-electron chi connectivity index (χ0n) is 14.6. The molecule has 0 bridgehead atoms. The van der Waals surface area contributed by atoms with Gasteiger partial charge in [-0.3, -0.25) is 9.69 Å². The molecule has 0 atom stereocenters. The SMILES string of the molecule is O=C(NCCCN1CCN(c2ccccc2F)CC1)c1cccc(F)c1. The van der Waals surface area contributed by atoms with Gasteiger partial charge in [0.25, 0.3) is 5.91 Å². The van der Waals surface area contributed by atoms with Gasteiger partial charge in [-0.15, -0.1) is 0 Å². The van der Waals surface area contributed by atoms with E-state index >= 15 is 0 Å². The third-order valence-electron chi connectivity index (χ3n) is 4.59. The fraction of sp³-hybridized carbons (Fsp3) is 0.350. The summed E-state index contributed by atoms with van der Waals surface area (Å²) in [6, 6.07) is 12.5. The van der Waals surface area contributed by atoms with Crippen molar-refractivity contribution in [1.82, 2.24) is 10.2 Å². The second-order valence-electron chi connectivity index (χ2n) is 6.40. The zero-order valence-corrected chi connectivity index (χ0v) is 14.6. The number of nitrogens with one attached hydrogen (secondary N) is 1. The number of carbonyl (C=O) groups is 1. The smallest absolute Gasteiger partial charge is 0.251 e. The molecule has 1 amide bonds. The van der Waals surface area contributed by atoms with Crippen molar-refractivity contribution in [2.75, 3.05) is 44.2 Å². The number of hydrogen-bond donors (Lipinski definition) is 1. The molecule has 0 unspecified atom stereocenters. The van der Waals surface area contributed by atoms with Crippen LogP contribution < -0.4 is 10.2 Å². The van der Waals surface area contributed by atoms with Gasteiger partial charge in [-0.05, 0) is 43.3 Å². The fourth-order valence-electron chi connectivity index (χ4n) is 3.16. The lowest BCUT2D eigenvalue weighted by molar-refractivity contribution is 0.0951. The Labute approximate surface area is 152 Å². The lowest BCUT2D eigenvalue weighted by atomic mass is 10.2. The molecule has 0 spiro atoms. The number of rotatable bonds is 6. The molecule has 6 heteroatoms. The van der Waals surface area contributed by atoms with Crippen LogP contribution in [-0.4, -0.2) is 50.1 Å². The molecule has 1 aliphatic heterocycles. The Hall–Kier alpha value is -2.47. The monoisotopic (exact) mass is 359 g/mol. The summed E-state index contributed by atoms with van der Waals surface area (Å²) in [6.07, 6.45) is 0.820. The number of nitrogens with zero attached hydrogens (tertiary/aromatic N) is 2. The van der Waals surface area contributed by atoms with E-state index in [1.54, 1.807) is 12.1 Å². The van der Waals surface area contributed by atoms with Crippen molar-refractivity contribution in [2.45, 2.75) is 6.42 Å². The van der Waals surface area contributed by atoms with Crippen LogP contribution in [0.25, 0.3) is 0 Å². The summed E-state index contributed by atoms with van der Waals surface area (Å²) in [6.45, 7) is 4.73. The maximum absolute atomic E-state index is 13.8. The van der Waals surface area contributed by atoms with Gasteiger partial charge in [0.05, 0.1) is 5.69 Å². The van der Waals surface area contributed by atoms with E-state index in [9.17, 15) is 13.6 Å². The van der Waals surface area contributed by atoms with Crippen molar-refractivity contribution < 1.29 is 13.6 Å². The standard InChI is InChI=1S/C20H23F2N3O/c21-17-6-3-5-16(15-17)20(26)23-9-4-10-24-11-13-25(14-12-24)19-8-2-1-7-18(19)22/h1-3,5-8,15H,4,9-14H2,(H,23,26). The number of anilines is 1. The van der Waals surface area contributed by atoms with Crippen molar-refractivity contribution in [3.63, 3.8) is 0 Å². The molecule has 26 heavy (non-hydrogen) atoms. The summed E-state index contributed by atoms with van der Waals surface area (Å²) in [5, 5.41) is 2.82. The highest BCUT2D eigenvalue weighted by Crippen LogP contribution is 2.20. The van der Waals surface area contributed by atoms with Crippen molar-refractivity contribution in [3.05, 3.63) is 65.7 Å². The topological polar surface area (TPSA) is 35.6 Å². The van der Waals surface area contributed by atoms with E-state index in [0.29, 0.717) is 17.8 Å². The molecule has 4 nitrogen and oxygen atoms in total. The van der Waals surface area contributed by atoms with Gasteiger partial charge in [0.15, 0.2) is 0 Å². The molecule has 138 valence electrons. The van der Waals surface area contributed by atoms with Crippen molar-refractivity contribution >= 4 is 11.6 Å². The average molecular weight is 359 g/mol. The van der Waals surface area contributed by atoms with Gasteiger partial charge >= 0.3 is 0 Å². The summed E-state index contributed by atoms with van der Waals surface area (Å²) >= 11 is 0. The van der Waals surface area contributed by atoms with E-state index in [1.807, 2.05) is 12.1 Å². The van der Waals surface area contributed by atoms with Gasteiger partial charge in [0.2, 0.25) is 0 Å². The maximum Gasteiger partial charge on any atom is 0.251 e. The average Bonchev–Trinajstić information content (AvgIpc) is 2.66. The molecule has 2 aromatic rings. The number of benzene rings is 2. The highest BCUT2D eigenvalue weighted by Gasteiger charge is 2.18. The van der Waals surface area contributed by atoms with Gasteiger partial charge in [0, 0.05) is 38.3 Å². The second kappa shape index (κ2) is 8.76. The number of para-hydroxylation sites is 1. The summed E-state index contributed by atoms with van der Waals surface area (Å²) < 4.78 is 27.0. The largest absolute Gasteiger partial charge is 0.367 e. The first kappa shape index (κ1) is 18.3. The summed E-state index contributed by atoms with van der Waals surface area (Å²) in [5.74, 6) is -0.847. The minimum atomic E-state index is -0.412. The van der Waals surface area contributed by atoms with Crippen LogP contribution in [0.4, 0.5) is 14.5 Å². The lowest BCUT2D eigenvalue weighted by Gasteiger charge is -2.36. The summed E-state index contributed by atoms with van der Waals surface area (Å²) in [4.78, 5) is 16.3. The molecule has 1 aliphatic rings. The molecule has 0 radical (unpaired) electrons. The fourth-order valence-corrected chi connectivity index (χ4v) is 3.16. The molecule has 3 rings (SSSR count). The van der Waals surface area contributed by atoms with Crippen molar-refractivity contribution in [1.29, 1.82) is 0 Å². The highest BCUT2D eigenvalue weighted by atomic mass is 19.1. The first-order valence-electron chi connectivity index (χ1n) is 8.89. The van der Waals surface area contributed by atoms with Crippen LogP contribution in [0.15, 0.2) is 48.5 Å². The molecule has 0 saturated carbocycles. The van der Waals surface area contributed by atoms with E-state index in [-0.39, 0.29) is 11.7 Å². The first-order chi connectivity index (χ1) is 12.6. The summed E-state index contributed by atoms with van der Waals surface area (Å²) in [5.41, 5.74) is 0.998. The van der Waals surface area contributed by atoms with Crippen LogP contribution in [0.2, 0.25) is 0 Å². The molecule has 0 aromatic heterocycles. The Kier molecular flexibility index (Phi) is 6.17. The molecule has 1 saturated heterocycles. The van der Waals surface area contributed by atoms with Gasteiger partial charge in [-0.1, -0.05) is 18.2 Å². The number of halogens is 2. The Morgan fingerprint density at radius 1 is 1.00 bits per heavy atom. The van der Waals surface area contributed by atoms with Crippen LogP contribution in [0.3, 0.4) is 0 Å². The molecule has 2 aromatic carbocycles. The van der Waals surface area contributed by atoms with Crippen LogP contribution in [0.5, 0.6) is 0 Å². The van der Waals surface area contributed by atoms with Crippen LogP contribution >= 0.6 is 0 Å². The van der Waals surface area contributed by atoms with E-state index in [0.717, 1.165) is 39.1 Å². The summed E-state index contributed by atoms with van der Waals surface area (Å²) in [7, 11) is 0. The Morgan fingerprint density at radius 2 is 1.77 bits per heavy atom. The molecule has 1 heterocycles.